The monoisotopic (exact) mass is 256 g/mol. The fourth-order valence-corrected chi connectivity index (χ4v) is 1.40. The molecule has 4 nitrogen and oxygen atoms in total. The van der Waals surface area contributed by atoms with Crippen LogP contribution in [0.5, 0.6) is 5.75 Å². The van der Waals surface area contributed by atoms with Crippen LogP contribution in [-0.2, 0) is 4.79 Å². The number of benzene rings is 1. The van der Waals surface area contributed by atoms with E-state index in [1.165, 1.54) is 0 Å². The van der Waals surface area contributed by atoms with Gasteiger partial charge in [-0.3, -0.25) is 4.79 Å². The molecule has 17 heavy (non-hydrogen) atoms. The Morgan fingerprint density at radius 2 is 2.24 bits per heavy atom. The lowest BCUT2D eigenvalue weighted by Gasteiger charge is -2.07. The SMILES string of the molecule is CCNCCNC(=O)COc1cccc(Cl)c1. The van der Waals surface area contributed by atoms with Gasteiger partial charge in [0.2, 0.25) is 0 Å². The van der Waals surface area contributed by atoms with Crippen LogP contribution >= 0.6 is 11.6 Å². The maximum absolute atomic E-state index is 11.4. The number of amides is 1. The minimum Gasteiger partial charge on any atom is -0.484 e. The Balaban J connectivity index is 2.19. The van der Waals surface area contributed by atoms with Crippen molar-refractivity contribution in [3.63, 3.8) is 0 Å². The molecular formula is C12H17ClN2O2. The summed E-state index contributed by atoms with van der Waals surface area (Å²) in [5.41, 5.74) is 0. The molecule has 0 aliphatic carbocycles. The summed E-state index contributed by atoms with van der Waals surface area (Å²) in [4.78, 5) is 11.4. The van der Waals surface area contributed by atoms with Crippen LogP contribution < -0.4 is 15.4 Å². The van der Waals surface area contributed by atoms with E-state index < -0.39 is 0 Å². The number of nitrogens with one attached hydrogen (secondary N) is 2. The number of hydrogen-bond acceptors (Lipinski definition) is 3. The third kappa shape index (κ3) is 6.14. The largest absolute Gasteiger partial charge is 0.484 e. The first-order valence-corrected chi connectivity index (χ1v) is 5.96. The van der Waals surface area contributed by atoms with E-state index in [1.54, 1.807) is 24.3 Å². The van der Waals surface area contributed by atoms with Crippen molar-refractivity contribution in [2.45, 2.75) is 6.92 Å². The lowest BCUT2D eigenvalue weighted by molar-refractivity contribution is -0.123. The van der Waals surface area contributed by atoms with Crippen LogP contribution in [0.15, 0.2) is 24.3 Å². The molecule has 0 radical (unpaired) electrons. The highest BCUT2D eigenvalue weighted by molar-refractivity contribution is 6.30. The number of carbonyl (C=O) groups is 1. The van der Waals surface area contributed by atoms with E-state index in [-0.39, 0.29) is 12.5 Å². The zero-order valence-electron chi connectivity index (χ0n) is 9.83. The minimum atomic E-state index is -0.136. The van der Waals surface area contributed by atoms with Gasteiger partial charge in [-0.25, -0.2) is 0 Å². The third-order valence-electron chi connectivity index (χ3n) is 2.04. The summed E-state index contributed by atoms with van der Waals surface area (Å²) in [7, 11) is 0. The first-order chi connectivity index (χ1) is 8.22. The Hall–Kier alpha value is -1.26. The maximum atomic E-state index is 11.4. The quantitative estimate of drug-likeness (QED) is 0.726. The fraction of sp³-hybridized carbons (Fsp3) is 0.417. The van der Waals surface area contributed by atoms with Gasteiger partial charge in [-0.2, -0.15) is 0 Å². The molecule has 1 aromatic carbocycles. The zero-order valence-corrected chi connectivity index (χ0v) is 10.6. The van der Waals surface area contributed by atoms with Crippen LogP contribution in [0.2, 0.25) is 5.02 Å². The third-order valence-corrected chi connectivity index (χ3v) is 2.28. The van der Waals surface area contributed by atoms with Gasteiger partial charge in [-0.1, -0.05) is 24.6 Å². The highest BCUT2D eigenvalue weighted by Crippen LogP contribution is 2.16. The van der Waals surface area contributed by atoms with E-state index in [1.807, 2.05) is 6.92 Å². The van der Waals surface area contributed by atoms with Crippen LogP contribution in [0.1, 0.15) is 6.92 Å². The van der Waals surface area contributed by atoms with Crippen molar-refractivity contribution in [3.8, 4) is 5.75 Å². The second-order valence-electron chi connectivity index (χ2n) is 3.45. The molecule has 1 amide bonds. The van der Waals surface area contributed by atoms with Gasteiger partial charge in [0.05, 0.1) is 0 Å². The Morgan fingerprint density at radius 3 is 2.94 bits per heavy atom. The van der Waals surface area contributed by atoms with Gasteiger partial charge in [0.1, 0.15) is 5.75 Å². The Kier molecular flexibility index (Phi) is 6.43. The maximum Gasteiger partial charge on any atom is 0.257 e. The summed E-state index contributed by atoms with van der Waals surface area (Å²) < 4.78 is 5.29. The molecule has 0 atom stereocenters. The van der Waals surface area contributed by atoms with E-state index in [0.29, 0.717) is 17.3 Å². The van der Waals surface area contributed by atoms with Crippen molar-refractivity contribution in [3.05, 3.63) is 29.3 Å². The molecule has 0 aromatic heterocycles. The van der Waals surface area contributed by atoms with Crippen molar-refractivity contribution in [1.29, 1.82) is 0 Å². The Morgan fingerprint density at radius 1 is 1.41 bits per heavy atom. The summed E-state index contributed by atoms with van der Waals surface area (Å²) in [5.74, 6) is 0.460. The highest BCUT2D eigenvalue weighted by Gasteiger charge is 2.01. The second kappa shape index (κ2) is 7.92. The first-order valence-electron chi connectivity index (χ1n) is 5.58. The number of rotatable bonds is 7. The summed E-state index contributed by atoms with van der Waals surface area (Å²) in [6, 6.07) is 6.97. The molecule has 1 aromatic rings. The van der Waals surface area contributed by atoms with Crippen molar-refractivity contribution in [1.82, 2.24) is 10.6 Å². The van der Waals surface area contributed by atoms with Crippen molar-refractivity contribution < 1.29 is 9.53 Å². The lowest BCUT2D eigenvalue weighted by atomic mass is 10.3. The Bertz CT molecular complexity index is 358. The number of carbonyl (C=O) groups excluding carboxylic acids is 1. The normalized spacial score (nSPS) is 10.0. The molecule has 0 saturated heterocycles. The molecule has 94 valence electrons. The molecule has 2 N–H and O–H groups in total. The highest BCUT2D eigenvalue weighted by atomic mass is 35.5. The van der Waals surface area contributed by atoms with Crippen LogP contribution in [-0.4, -0.2) is 32.1 Å². The topological polar surface area (TPSA) is 50.4 Å². The summed E-state index contributed by atoms with van der Waals surface area (Å²) in [5, 5.41) is 6.45. The van der Waals surface area contributed by atoms with E-state index in [4.69, 9.17) is 16.3 Å². The van der Waals surface area contributed by atoms with Gasteiger partial charge in [0, 0.05) is 18.1 Å². The zero-order chi connectivity index (χ0) is 12.5. The van der Waals surface area contributed by atoms with Crippen LogP contribution in [0.3, 0.4) is 0 Å². The van der Waals surface area contributed by atoms with Gasteiger partial charge >= 0.3 is 0 Å². The van der Waals surface area contributed by atoms with Gasteiger partial charge in [0.25, 0.3) is 5.91 Å². The number of ether oxygens (including phenoxy) is 1. The smallest absolute Gasteiger partial charge is 0.257 e. The first kappa shape index (κ1) is 13.8. The molecule has 0 aliphatic rings. The average Bonchev–Trinajstić information content (AvgIpc) is 2.32. The molecule has 0 bridgehead atoms. The van der Waals surface area contributed by atoms with Gasteiger partial charge in [0.15, 0.2) is 6.61 Å². The summed E-state index contributed by atoms with van der Waals surface area (Å²) in [6.07, 6.45) is 0. The van der Waals surface area contributed by atoms with Gasteiger partial charge in [-0.15, -0.1) is 0 Å². The Labute approximate surface area is 106 Å². The van der Waals surface area contributed by atoms with E-state index >= 15 is 0 Å². The number of hydrogen-bond donors (Lipinski definition) is 2. The average molecular weight is 257 g/mol. The van der Waals surface area contributed by atoms with Crippen LogP contribution in [0, 0.1) is 0 Å². The fourth-order valence-electron chi connectivity index (χ4n) is 1.22. The number of halogens is 1. The summed E-state index contributed by atoms with van der Waals surface area (Å²) in [6.45, 7) is 4.29. The molecule has 0 spiro atoms. The van der Waals surface area contributed by atoms with Crippen molar-refractivity contribution in [2.75, 3.05) is 26.2 Å². The predicted molar refractivity (Wildman–Crippen MR) is 68.5 cm³/mol. The van der Waals surface area contributed by atoms with Crippen molar-refractivity contribution in [2.24, 2.45) is 0 Å². The van der Waals surface area contributed by atoms with E-state index in [0.717, 1.165) is 13.1 Å². The van der Waals surface area contributed by atoms with Crippen LogP contribution in [0.4, 0.5) is 0 Å². The molecular weight excluding hydrogens is 240 g/mol. The molecule has 5 heteroatoms. The standard InChI is InChI=1S/C12H17ClN2O2/c1-2-14-6-7-15-12(16)9-17-11-5-3-4-10(13)8-11/h3-5,8,14H,2,6-7,9H2,1H3,(H,15,16). The molecule has 0 heterocycles. The molecule has 0 fully saturated rings. The van der Waals surface area contributed by atoms with E-state index in [2.05, 4.69) is 10.6 Å². The lowest BCUT2D eigenvalue weighted by Crippen LogP contribution is -2.34. The van der Waals surface area contributed by atoms with E-state index in [9.17, 15) is 4.79 Å². The number of likely N-dealkylation sites (N-methyl/N-ethyl adjacent to an activating group) is 1. The molecule has 0 aliphatic heterocycles. The molecule has 0 saturated carbocycles. The second-order valence-corrected chi connectivity index (χ2v) is 3.89. The minimum absolute atomic E-state index is 0.00642. The predicted octanol–water partition coefficient (Wildman–Crippen LogP) is 1.44. The summed E-state index contributed by atoms with van der Waals surface area (Å²) >= 11 is 5.79. The molecule has 1 rings (SSSR count). The molecule has 0 unspecified atom stereocenters. The van der Waals surface area contributed by atoms with Crippen LogP contribution in [0.25, 0.3) is 0 Å². The van der Waals surface area contributed by atoms with Gasteiger partial charge < -0.3 is 15.4 Å². The van der Waals surface area contributed by atoms with Gasteiger partial charge in [-0.05, 0) is 24.7 Å². The van der Waals surface area contributed by atoms with Crippen molar-refractivity contribution >= 4 is 17.5 Å².